The number of benzene rings is 1. The first kappa shape index (κ1) is 15.0. The zero-order chi connectivity index (χ0) is 14.5. The maximum atomic E-state index is 6.07. The van der Waals surface area contributed by atoms with Crippen LogP contribution >= 0.6 is 11.3 Å². The summed E-state index contributed by atoms with van der Waals surface area (Å²) >= 11 is 1.70. The maximum absolute atomic E-state index is 6.07. The molecule has 4 heteroatoms. The van der Waals surface area contributed by atoms with Crippen LogP contribution in [-0.2, 0) is 11.3 Å². The van der Waals surface area contributed by atoms with Crippen molar-refractivity contribution in [3.05, 3.63) is 51.7 Å². The molecule has 0 amide bonds. The molecule has 0 fully saturated rings. The van der Waals surface area contributed by atoms with Gasteiger partial charge in [-0.2, -0.15) is 0 Å². The molecule has 0 aliphatic rings. The van der Waals surface area contributed by atoms with Crippen LogP contribution in [0.25, 0.3) is 0 Å². The van der Waals surface area contributed by atoms with Crippen LogP contribution in [0.3, 0.4) is 0 Å². The second-order valence-corrected chi connectivity index (χ2v) is 5.85. The summed E-state index contributed by atoms with van der Waals surface area (Å²) in [7, 11) is 1.66. The monoisotopic (exact) mass is 291 g/mol. The molecule has 2 aromatic rings. The molecule has 0 saturated heterocycles. The van der Waals surface area contributed by atoms with Gasteiger partial charge in [-0.1, -0.05) is 12.1 Å². The Bertz CT molecular complexity index is 534. The third kappa shape index (κ3) is 3.60. The van der Waals surface area contributed by atoms with Gasteiger partial charge in [0.15, 0.2) is 0 Å². The highest BCUT2D eigenvalue weighted by atomic mass is 32.1. The number of nitrogens with two attached hydrogens (primary N) is 1. The minimum absolute atomic E-state index is 0.0365. The zero-order valence-corrected chi connectivity index (χ0v) is 12.9. The van der Waals surface area contributed by atoms with E-state index in [0.717, 1.165) is 11.3 Å². The predicted octanol–water partition coefficient (Wildman–Crippen LogP) is 3.67. The van der Waals surface area contributed by atoms with Crippen molar-refractivity contribution in [2.75, 3.05) is 7.11 Å². The van der Waals surface area contributed by atoms with Crippen molar-refractivity contribution in [1.29, 1.82) is 0 Å². The number of hydrogen-bond donors (Lipinski definition) is 1. The van der Waals surface area contributed by atoms with Crippen LogP contribution in [0.1, 0.15) is 29.0 Å². The summed E-state index contributed by atoms with van der Waals surface area (Å²) in [4.78, 5) is 1.22. The number of aryl methyl sites for hydroxylation is 1. The van der Waals surface area contributed by atoms with Gasteiger partial charge in [-0.3, -0.25) is 0 Å². The van der Waals surface area contributed by atoms with Crippen molar-refractivity contribution in [2.45, 2.75) is 32.6 Å². The normalized spacial score (nSPS) is 14.0. The predicted molar refractivity (Wildman–Crippen MR) is 83.2 cm³/mol. The summed E-state index contributed by atoms with van der Waals surface area (Å²) < 4.78 is 11.2. The maximum Gasteiger partial charge on any atom is 0.118 e. The van der Waals surface area contributed by atoms with E-state index >= 15 is 0 Å². The molecule has 1 aromatic carbocycles. The van der Waals surface area contributed by atoms with E-state index in [1.54, 1.807) is 18.4 Å². The van der Waals surface area contributed by atoms with Gasteiger partial charge in [0, 0.05) is 10.9 Å². The molecule has 2 unspecified atom stereocenters. The Balaban J connectivity index is 2.04. The van der Waals surface area contributed by atoms with E-state index in [2.05, 4.69) is 18.4 Å². The van der Waals surface area contributed by atoms with Crippen LogP contribution in [0.15, 0.2) is 35.7 Å². The van der Waals surface area contributed by atoms with Crippen molar-refractivity contribution in [3.63, 3.8) is 0 Å². The summed E-state index contributed by atoms with van der Waals surface area (Å²) in [5.41, 5.74) is 8.43. The number of thiophene rings is 1. The van der Waals surface area contributed by atoms with E-state index in [4.69, 9.17) is 15.2 Å². The van der Waals surface area contributed by atoms with Gasteiger partial charge in [0.1, 0.15) is 11.9 Å². The van der Waals surface area contributed by atoms with Crippen molar-refractivity contribution in [3.8, 4) is 5.75 Å². The van der Waals surface area contributed by atoms with Crippen molar-refractivity contribution in [1.82, 2.24) is 0 Å². The van der Waals surface area contributed by atoms with Crippen LogP contribution in [-0.4, -0.2) is 13.2 Å². The molecular formula is C16H21NO2S. The Hall–Kier alpha value is -1.36. The minimum atomic E-state index is -0.0582. The van der Waals surface area contributed by atoms with Gasteiger partial charge in [0.25, 0.3) is 0 Å². The average molecular weight is 291 g/mol. The summed E-state index contributed by atoms with van der Waals surface area (Å²) in [5, 5.41) is 2.08. The van der Waals surface area contributed by atoms with E-state index in [1.165, 1.54) is 10.4 Å². The second-order valence-electron chi connectivity index (χ2n) is 4.91. The highest BCUT2D eigenvalue weighted by Crippen LogP contribution is 2.29. The molecular weight excluding hydrogens is 270 g/mol. The van der Waals surface area contributed by atoms with Gasteiger partial charge in [-0.05, 0) is 48.6 Å². The fraction of sp³-hybridized carbons (Fsp3) is 0.375. The minimum Gasteiger partial charge on any atom is -0.497 e. The average Bonchev–Trinajstić information content (AvgIpc) is 2.86. The van der Waals surface area contributed by atoms with Gasteiger partial charge >= 0.3 is 0 Å². The molecule has 0 spiro atoms. The first-order valence-electron chi connectivity index (χ1n) is 6.66. The number of methoxy groups -OCH3 is 1. The Morgan fingerprint density at radius 2 is 1.90 bits per heavy atom. The van der Waals surface area contributed by atoms with Crippen molar-refractivity contribution >= 4 is 11.3 Å². The summed E-state index contributed by atoms with van der Waals surface area (Å²) in [6, 6.07) is 9.97. The van der Waals surface area contributed by atoms with Gasteiger partial charge in [0.05, 0.1) is 13.7 Å². The number of hydrogen-bond acceptors (Lipinski definition) is 4. The molecule has 2 rings (SSSR count). The SMILES string of the molecule is COc1ccc(COC(c2sccc2C)C(C)N)cc1. The molecule has 108 valence electrons. The Morgan fingerprint density at radius 3 is 2.40 bits per heavy atom. The highest BCUT2D eigenvalue weighted by molar-refractivity contribution is 7.10. The van der Waals surface area contributed by atoms with Crippen LogP contribution in [0.5, 0.6) is 5.75 Å². The van der Waals surface area contributed by atoms with Crippen molar-refractivity contribution < 1.29 is 9.47 Å². The fourth-order valence-corrected chi connectivity index (χ4v) is 3.14. The molecule has 2 atom stereocenters. The molecule has 0 saturated carbocycles. The lowest BCUT2D eigenvalue weighted by Gasteiger charge is -2.21. The Morgan fingerprint density at radius 1 is 1.20 bits per heavy atom. The molecule has 0 bridgehead atoms. The van der Waals surface area contributed by atoms with E-state index in [0.29, 0.717) is 6.61 Å². The highest BCUT2D eigenvalue weighted by Gasteiger charge is 2.20. The Labute approximate surface area is 124 Å². The number of ether oxygens (including phenoxy) is 2. The van der Waals surface area contributed by atoms with Crippen LogP contribution < -0.4 is 10.5 Å². The van der Waals surface area contributed by atoms with Gasteiger partial charge in [0.2, 0.25) is 0 Å². The van der Waals surface area contributed by atoms with E-state index < -0.39 is 0 Å². The molecule has 3 nitrogen and oxygen atoms in total. The first-order chi connectivity index (χ1) is 9.61. The van der Waals surface area contributed by atoms with Gasteiger partial charge in [-0.25, -0.2) is 0 Å². The lowest BCUT2D eigenvalue weighted by molar-refractivity contribution is 0.0279. The zero-order valence-electron chi connectivity index (χ0n) is 12.1. The third-order valence-electron chi connectivity index (χ3n) is 3.23. The van der Waals surface area contributed by atoms with Crippen LogP contribution in [0, 0.1) is 6.92 Å². The quantitative estimate of drug-likeness (QED) is 0.883. The smallest absolute Gasteiger partial charge is 0.118 e. The van der Waals surface area contributed by atoms with Crippen LogP contribution in [0.4, 0.5) is 0 Å². The third-order valence-corrected chi connectivity index (χ3v) is 4.31. The van der Waals surface area contributed by atoms with Gasteiger partial charge in [-0.15, -0.1) is 11.3 Å². The van der Waals surface area contributed by atoms with E-state index in [-0.39, 0.29) is 12.1 Å². The molecule has 0 aliphatic carbocycles. The van der Waals surface area contributed by atoms with E-state index in [1.807, 2.05) is 31.2 Å². The Kier molecular flexibility index (Phi) is 5.17. The lowest BCUT2D eigenvalue weighted by atomic mass is 10.1. The summed E-state index contributed by atoms with van der Waals surface area (Å²) in [6.07, 6.45) is -0.0582. The van der Waals surface area contributed by atoms with E-state index in [9.17, 15) is 0 Å². The summed E-state index contributed by atoms with van der Waals surface area (Å²) in [5.74, 6) is 0.853. The summed E-state index contributed by atoms with van der Waals surface area (Å²) in [6.45, 7) is 4.63. The molecule has 2 N–H and O–H groups in total. The van der Waals surface area contributed by atoms with Crippen molar-refractivity contribution in [2.24, 2.45) is 5.73 Å². The molecule has 1 heterocycles. The van der Waals surface area contributed by atoms with Crippen LogP contribution in [0.2, 0.25) is 0 Å². The number of rotatable bonds is 6. The van der Waals surface area contributed by atoms with Gasteiger partial charge < -0.3 is 15.2 Å². The molecule has 20 heavy (non-hydrogen) atoms. The molecule has 0 radical (unpaired) electrons. The fourth-order valence-electron chi connectivity index (χ4n) is 2.05. The molecule has 1 aromatic heterocycles. The largest absolute Gasteiger partial charge is 0.497 e. The lowest BCUT2D eigenvalue weighted by Crippen LogP contribution is -2.26. The standard InChI is InChI=1S/C16H21NO2S/c1-11-8-9-20-16(11)15(12(2)17)19-10-13-4-6-14(18-3)7-5-13/h4-9,12,15H,10,17H2,1-3H3. The second kappa shape index (κ2) is 6.88. The topological polar surface area (TPSA) is 44.5 Å². The first-order valence-corrected chi connectivity index (χ1v) is 7.54. The molecule has 0 aliphatic heterocycles.